The van der Waals surface area contributed by atoms with Gasteiger partial charge in [0.2, 0.25) is 5.91 Å². The van der Waals surface area contributed by atoms with Gasteiger partial charge in [0.05, 0.1) is 14.2 Å². The molecule has 0 unspecified atom stereocenters. The lowest BCUT2D eigenvalue weighted by molar-refractivity contribution is -0.142. The van der Waals surface area contributed by atoms with E-state index in [1.807, 2.05) is 44.2 Å². The van der Waals surface area contributed by atoms with E-state index in [-0.39, 0.29) is 24.5 Å². The number of hydrogen-bond donors (Lipinski definition) is 1. The molecule has 2 rings (SSSR count). The van der Waals surface area contributed by atoms with E-state index >= 15 is 0 Å². The summed E-state index contributed by atoms with van der Waals surface area (Å²) >= 11 is 0. The van der Waals surface area contributed by atoms with Crippen LogP contribution in [0.25, 0.3) is 0 Å². The normalized spacial score (nSPS) is 11.5. The second-order valence-electron chi connectivity index (χ2n) is 7.18. The molecule has 1 atom stereocenters. The lowest BCUT2D eigenvalue weighted by Crippen LogP contribution is -2.50. The summed E-state index contributed by atoms with van der Waals surface area (Å²) in [5.74, 6) is 1.05. The fourth-order valence-corrected chi connectivity index (χ4v) is 2.86. The molecule has 30 heavy (non-hydrogen) atoms. The molecule has 2 amide bonds. The molecule has 0 fully saturated rings. The van der Waals surface area contributed by atoms with Crippen LogP contribution in [0.5, 0.6) is 17.2 Å². The second-order valence-corrected chi connectivity index (χ2v) is 7.18. The van der Waals surface area contributed by atoms with Crippen LogP contribution in [0.2, 0.25) is 0 Å². The minimum Gasteiger partial charge on any atom is -0.496 e. The molecule has 7 heteroatoms. The molecule has 2 aromatic carbocycles. The third-order valence-electron chi connectivity index (χ3n) is 4.48. The van der Waals surface area contributed by atoms with Gasteiger partial charge in [0.25, 0.3) is 5.91 Å². The van der Waals surface area contributed by atoms with Crippen LogP contribution in [-0.4, -0.2) is 49.6 Å². The van der Waals surface area contributed by atoms with E-state index in [0.29, 0.717) is 23.8 Å². The molecular weight excluding hydrogens is 384 g/mol. The molecule has 0 spiro atoms. The van der Waals surface area contributed by atoms with E-state index in [4.69, 9.17) is 14.2 Å². The third kappa shape index (κ3) is 6.69. The standard InChI is InChI=1S/C23H30N2O5/c1-16(2)24-23(27)17(3)25(14-18-9-7-6-8-10-18)22(26)15-30-21-12-19(28-4)11-20(13-21)29-5/h6-13,16-17H,14-15H2,1-5H3,(H,24,27)/t17-/m0/s1. The lowest BCUT2D eigenvalue weighted by Gasteiger charge is -2.29. The fourth-order valence-electron chi connectivity index (χ4n) is 2.86. The Morgan fingerprint density at radius 1 is 0.933 bits per heavy atom. The molecule has 162 valence electrons. The van der Waals surface area contributed by atoms with Crippen LogP contribution in [0, 0.1) is 0 Å². The van der Waals surface area contributed by atoms with Gasteiger partial charge in [-0.2, -0.15) is 0 Å². The van der Waals surface area contributed by atoms with Crippen LogP contribution in [-0.2, 0) is 16.1 Å². The zero-order chi connectivity index (χ0) is 22.1. The first-order valence-corrected chi connectivity index (χ1v) is 9.83. The van der Waals surface area contributed by atoms with Gasteiger partial charge < -0.3 is 24.4 Å². The van der Waals surface area contributed by atoms with E-state index in [9.17, 15) is 9.59 Å². The maximum Gasteiger partial charge on any atom is 0.261 e. The van der Waals surface area contributed by atoms with Gasteiger partial charge in [0, 0.05) is 30.8 Å². The lowest BCUT2D eigenvalue weighted by atomic mass is 10.1. The number of amides is 2. The van der Waals surface area contributed by atoms with E-state index < -0.39 is 6.04 Å². The minimum atomic E-state index is -0.649. The quantitative estimate of drug-likeness (QED) is 0.647. The number of methoxy groups -OCH3 is 2. The highest BCUT2D eigenvalue weighted by molar-refractivity contribution is 5.88. The average molecular weight is 415 g/mol. The Balaban J connectivity index is 2.16. The van der Waals surface area contributed by atoms with Crippen LogP contribution in [0.3, 0.4) is 0 Å². The van der Waals surface area contributed by atoms with Crippen molar-refractivity contribution in [2.75, 3.05) is 20.8 Å². The summed E-state index contributed by atoms with van der Waals surface area (Å²) < 4.78 is 16.2. The highest BCUT2D eigenvalue weighted by Gasteiger charge is 2.27. The van der Waals surface area contributed by atoms with Gasteiger partial charge >= 0.3 is 0 Å². The Hall–Kier alpha value is -3.22. The van der Waals surface area contributed by atoms with Crippen molar-refractivity contribution >= 4 is 11.8 Å². The third-order valence-corrected chi connectivity index (χ3v) is 4.48. The summed E-state index contributed by atoms with van der Waals surface area (Å²) in [6, 6.07) is 13.9. The Bertz CT molecular complexity index is 816. The Morgan fingerprint density at radius 2 is 1.50 bits per heavy atom. The summed E-state index contributed by atoms with van der Waals surface area (Å²) in [4.78, 5) is 27.1. The molecule has 0 aliphatic heterocycles. The van der Waals surface area contributed by atoms with Gasteiger partial charge in [-0.25, -0.2) is 0 Å². The maximum absolute atomic E-state index is 13.0. The zero-order valence-electron chi connectivity index (χ0n) is 18.2. The van der Waals surface area contributed by atoms with Gasteiger partial charge in [-0.15, -0.1) is 0 Å². The summed E-state index contributed by atoms with van der Waals surface area (Å²) in [6.07, 6.45) is 0. The highest BCUT2D eigenvalue weighted by Crippen LogP contribution is 2.27. The molecule has 0 saturated heterocycles. The largest absolute Gasteiger partial charge is 0.496 e. The molecule has 0 aliphatic carbocycles. The first-order chi connectivity index (χ1) is 14.3. The van der Waals surface area contributed by atoms with E-state index in [1.54, 1.807) is 39.3 Å². The predicted octanol–water partition coefficient (Wildman–Crippen LogP) is 3.02. The van der Waals surface area contributed by atoms with Crippen molar-refractivity contribution in [1.82, 2.24) is 10.2 Å². The topological polar surface area (TPSA) is 77.1 Å². The maximum atomic E-state index is 13.0. The molecule has 0 bridgehead atoms. The molecule has 0 saturated carbocycles. The van der Waals surface area contributed by atoms with Gasteiger partial charge in [-0.05, 0) is 26.3 Å². The Kier molecular flexibility index (Phi) is 8.53. The second kappa shape index (κ2) is 11.1. The number of hydrogen-bond acceptors (Lipinski definition) is 5. The van der Waals surface area contributed by atoms with Crippen LogP contribution in [0.1, 0.15) is 26.3 Å². The van der Waals surface area contributed by atoms with Crippen LogP contribution >= 0.6 is 0 Å². The predicted molar refractivity (Wildman–Crippen MR) is 115 cm³/mol. The molecule has 2 aromatic rings. The molecule has 0 heterocycles. The first kappa shape index (κ1) is 23.1. The van der Waals surface area contributed by atoms with Gasteiger partial charge in [0.1, 0.15) is 23.3 Å². The summed E-state index contributed by atoms with van der Waals surface area (Å²) in [7, 11) is 3.08. The number of benzene rings is 2. The SMILES string of the molecule is COc1cc(OC)cc(OCC(=O)N(Cc2ccccc2)[C@@H](C)C(=O)NC(C)C)c1. The van der Waals surface area contributed by atoms with Crippen molar-refractivity contribution in [2.24, 2.45) is 0 Å². The smallest absolute Gasteiger partial charge is 0.261 e. The van der Waals surface area contributed by atoms with Crippen molar-refractivity contribution in [2.45, 2.75) is 39.4 Å². The number of nitrogens with zero attached hydrogens (tertiary/aromatic N) is 1. The highest BCUT2D eigenvalue weighted by atomic mass is 16.5. The fraction of sp³-hybridized carbons (Fsp3) is 0.391. The first-order valence-electron chi connectivity index (χ1n) is 9.83. The van der Waals surface area contributed by atoms with Crippen molar-refractivity contribution < 1.29 is 23.8 Å². The van der Waals surface area contributed by atoms with Crippen molar-refractivity contribution in [3.8, 4) is 17.2 Å². The van der Waals surface area contributed by atoms with E-state index in [0.717, 1.165) is 5.56 Å². The average Bonchev–Trinajstić information content (AvgIpc) is 2.75. The number of carbonyl (C=O) groups is 2. The number of nitrogens with one attached hydrogen (secondary N) is 1. The van der Waals surface area contributed by atoms with Crippen molar-refractivity contribution in [3.05, 3.63) is 54.1 Å². The van der Waals surface area contributed by atoms with Crippen LogP contribution in [0.15, 0.2) is 48.5 Å². The van der Waals surface area contributed by atoms with Gasteiger partial charge in [-0.3, -0.25) is 9.59 Å². The number of ether oxygens (including phenoxy) is 3. The molecule has 0 radical (unpaired) electrons. The van der Waals surface area contributed by atoms with E-state index in [2.05, 4.69) is 5.32 Å². The van der Waals surface area contributed by atoms with Crippen LogP contribution in [0.4, 0.5) is 0 Å². The zero-order valence-corrected chi connectivity index (χ0v) is 18.2. The number of rotatable bonds is 10. The summed E-state index contributed by atoms with van der Waals surface area (Å²) in [6.45, 7) is 5.56. The molecule has 0 aromatic heterocycles. The molecule has 1 N–H and O–H groups in total. The summed E-state index contributed by atoms with van der Waals surface area (Å²) in [5, 5.41) is 2.86. The minimum absolute atomic E-state index is 0.0193. The molecular formula is C23H30N2O5. The van der Waals surface area contributed by atoms with E-state index in [1.165, 1.54) is 4.90 Å². The summed E-state index contributed by atoms with van der Waals surface area (Å²) in [5.41, 5.74) is 0.929. The van der Waals surface area contributed by atoms with Crippen LogP contribution < -0.4 is 19.5 Å². The van der Waals surface area contributed by atoms with Gasteiger partial charge in [0.15, 0.2) is 6.61 Å². The number of carbonyl (C=O) groups excluding carboxylic acids is 2. The molecule has 0 aliphatic rings. The Labute approximate surface area is 177 Å². The van der Waals surface area contributed by atoms with Crippen molar-refractivity contribution in [3.63, 3.8) is 0 Å². The molecule has 7 nitrogen and oxygen atoms in total. The monoisotopic (exact) mass is 414 g/mol. The van der Waals surface area contributed by atoms with Gasteiger partial charge in [-0.1, -0.05) is 30.3 Å². The Morgan fingerprint density at radius 3 is 2.03 bits per heavy atom. The van der Waals surface area contributed by atoms with Crippen molar-refractivity contribution in [1.29, 1.82) is 0 Å².